The Bertz CT molecular complexity index is 736. The lowest BCUT2D eigenvalue weighted by molar-refractivity contribution is -0.136. The summed E-state index contributed by atoms with van der Waals surface area (Å²) in [6.07, 6.45) is 3.98. The van der Waals surface area contributed by atoms with Gasteiger partial charge in [-0.1, -0.05) is 18.2 Å². The lowest BCUT2D eigenvalue weighted by Crippen LogP contribution is -2.51. The van der Waals surface area contributed by atoms with Crippen LogP contribution in [-0.2, 0) is 9.59 Å². The number of amides is 5. The average molecular weight is 400 g/mol. The van der Waals surface area contributed by atoms with Gasteiger partial charge in [-0.25, -0.2) is 4.79 Å². The van der Waals surface area contributed by atoms with Crippen molar-refractivity contribution in [1.82, 2.24) is 20.4 Å². The van der Waals surface area contributed by atoms with Gasteiger partial charge in [0, 0.05) is 50.6 Å². The Morgan fingerprint density at radius 3 is 2.69 bits per heavy atom. The van der Waals surface area contributed by atoms with Gasteiger partial charge >= 0.3 is 6.03 Å². The standard InChI is InChI=1S/C21H28N4O4/c26-18-10-13-23-21(29)25(18)15-11-19(27)24-14-5-4-8-17(24)9-12-22-20(28)16-6-2-1-3-7-16/h1-3,6-7,17H,4-5,8-15H2,(H,22,28)(H,23,29)/t17-/m0/s1. The summed E-state index contributed by atoms with van der Waals surface area (Å²) in [5, 5.41) is 5.55. The summed E-state index contributed by atoms with van der Waals surface area (Å²) in [4.78, 5) is 51.6. The minimum Gasteiger partial charge on any atom is -0.352 e. The van der Waals surface area contributed by atoms with Gasteiger partial charge in [0.05, 0.1) is 0 Å². The fraction of sp³-hybridized carbons (Fsp3) is 0.524. The fourth-order valence-corrected chi connectivity index (χ4v) is 3.87. The minimum absolute atomic E-state index is 0.0461. The van der Waals surface area contributed by atoms with Gasteiger partial charge in [0.2, 0.25) is 11.8 Å². The molecule has 0 aromatic heterocycles. The van der Waals surface area contributed by atoms with Crippen molar-refractivity contribution in [2.45, 2.75) is 44.6 Å². The van der Waals surface area contributed by atoms with Gasteiger partial charge in [-0.3, -0.25) is 19.3 Å². The summed E-state index contributed by atoms with van der Waals surface area (Å²) in [5.74, 6) is -0.399. The van der Waals surface area contributed by atoms with E-state index >= 15 is 0 Å². The van der Waals surface area contributed by atoms with E-state index in [1.165, 1.54) is 0 Å². The van der Waals surface area contributed by atoms with Crippen LogP contribution in [0.5, 0.6) is 0 Å². The van der Waals surface area contributed by atoms with Crippen LogP contribution >= 0.6 is 0 Å². The quantitative estimate of drug-likeness (QED) is 0.725. The maximum absolute atomic E-state index is 12.8. The Morgan fingerprint density at radius 2 is 1.93 bits per heavy atom. The number of hydrogen-bond donors (Lipinski definition) is 2. The van der Waals surface area contributed by atoms with Crippen LogP contribution in [-0.4, -0.2) is 65.8 Å². The first-order valence-electron chi connectivity index (χ1n) is 10.3. The van der Waals surface area contributed by atoms with E-state index in [1.807, 2.05) is 23.1 Å². The van der Waals surface area contributed by atoms with Crippen molar-refractivity contribution < 1.29 is 19.2 Å². The molecule has 5 amide bonds. The van der Waals surface area contributed by atoms with Gasteiger partial charge in [0.15, 0.2) is 0 Å². The van der Waals surface area contributed by atoms with Crippen molar-refractivity contribution in [3.8, 4) is 0 Å². The first kappa shape index (κ1) is 20.8. The summed E-state index contributed by atoms with van der Waals surface area (Å²) in [7, 11) is 0. The molecule has 1 aromatic rings. The zero-order valence-corrected chi connectivity index (χ0v) is 16.6. The Kier molecular flexibility index (Phi) is 7.21. The van der Waals surface area contributed by atoms with Crippen molar-refractivity contribution in [2.24, 2.45) is 0 Å². The highest BCUT2D eigenvalue weighted by Gasteiger charge is 2.29. The molecule has 156 valence electrons. The number of rotatable bonds is 7. The third-order valence-electron chi connectivity index (χ3n) is 5.46. The van der Waals surface area contributed by atoms with E-state index in [9.17, 15) is 19.2 Å². The van der Waals surface area contributed by atoms with Crippen LogP contribution in [0.2, 0.25) is 0 Å². The molecule has 0 aliphatic carbocycles. The molecule has 0 bridgehead atoms. The van der Waals surface area contributed by atoms with E-state index < -0.39 is 6.03 Å². The molecule has 0 radical (unpaired) electrons. The molecule has 2 heterocycles. The molecule has 0 spiro atoms. The average Bonchev–Trinajstić information content (AvgIpc) is 2.74. The highest BCUT2D eigenvalue weighted by Crippen LogP contribution is 2.20. The summed E-state index contributed by atoms with van der Waals surface area (Å²) in [6, 6.07) is 8.69. The number of urea groups is 1. The molecule has 2 saturated heterocycles. The molecular weight excluding hydrogens is 372 g/mol. The zero-order valence-electron chi connectivity index (χ0n) is 16.6. The summed E-state index contributed by atoms with van der Waals surface area (Å²) in [5.41, 5.74) is 0.619. The second-order valence-corrected chi connectivity index (χ2v) is 7.42. The number of imide groups is 1. The van der Waals surface area contributed by atoms with Crippen LogP contribution in [0.4, 0.5) is 4.79 Å². The summed E-state index contributed by atoms with van der Waals surface area (Å²) >= 11 is 0. The number of likely N-dealkylation sites (tertiary alicyclic amines) is 1. The van der Waals surface area contributed by atoms with E-state index in [1.54, 1.807) is 12.1 Å². The lowest BCUT2D eigenvalue weighted by atomic mass is 9.98. The van der Waals surface area contributed by atoms with E-state index in [-0.39, 0.29) is 43.1 Å². The normalized spacial score (nSPS) is 19.7. The monoisotopic (exact) mass is 400 g/mol. The Labute approximate surface area is 170 Å². The molecule has 2 aliphatic rings. The molecule has 8 nitrogen and oxygen atoms in total. The zero-order chi connectivity index (χ0) is 20.6. The number of nitrogens with one attached hydrogen (secondary N) is 2. The van der Waals surface area contributed by atoms with Crippen molar-refractivity contribution in [2.75, 3.05) is 26.2 Å². The Balaban J connectivity index is 1.48. The van der Waals surface area contributed by atoms with Gasteiger partial charge in [0.1, 0.15) is 0 Å². The molecule has 2 N–H and O–H groups in total. The highest BCUT2D eigenvalue weighted by atomic mass is 16.2. The van der Waals surface area contributed by atoms with Crippen LogP contribution in [0.25, 0.3) is 0 Å². The largest absolute Gasteiger partial charge is 0.352 e. The molecule has 2 aliphatic heterocycles. The first-order valence-corrected chi connectivity index (χ1v) is 10.3. The second kappa shape index (κ2) is 10.0. The fourth-order valence-electron chi connectivity index (χ4n) is 3.87. The first-order chi connectivity index (χ1) is 14.1. The van der Waals surface area contributed by atoms with Crippen molar-refractivity contribution in [3.63, 3.8) is 0 Å². The summed E-state index contributed by atoms with van der Waals surface area (Å²) in [6.45, 7) is 1.63. The van der Waals surface area contributed by atoms with Crippen molar-refractivity contribution in [1.29, 1.82) is 0 Å². The number of hydrogen-bond acceptors (Lipinski definition) is 4. The van der Waals surface area contributed by atoms with Crippen molar-refractivity contribution >= 4 is 23.8 Å². The third kappa shape index (κ3) is 5.56. The Hall–Kier alpha value is -2.90. The molecule has 8 heteroatoms. The van der Waals surface area contributed by atoms with Gasteiger partial charge in [0.25, 0.3) is 5.91 Å². The second-order valence-electron chi connectivity index (χ2n) is 7.42. The van der Waals surface area contributed by atoms with E-state index in [0.717, 1.165) is 24.2 Å². The van der Waals surface area contributed by atoms with Gasteiger partial charge in [-0.2, -0.15) is 0 Å². The van der Waals surface area contributed by atoms with Gasteiger partial charge in [-0.05, 0) is 37.8 Å². The third-order valence-corrected chi connectivity index (χ3v) is 5.46. The highest BCUT2D eigenvalue weighted by molar-refractivity contribution is 5.97. The molecule has 1 aromatic carbocycles. The molecule has 0 unspecified atom stereocenters. The smallest absolute Gasteiger partial charge is 0.324 e. The van der Waals surface area contributed by atoms with Crippen LogP contribution in [0, 0.1) is 0 Å². The maximum Gasteiger partial charge on any atom is 0.324 e. The van der Waals surface area contributed by atoms with Gasteiger partial charge in [-0.15, -0.1) is 0 Å². The number of carbonyl (C=O) groups excluding carboxylic acids is 4. The van der Waals surface area contributed by atoms with Crippen LogP contribution in [0.1, 0.15) is 48.9 Å². The molecule has 2 fully saturated rings. The lowest BCUT2D eigenvalue weighted by Gasteiger charge is -2.36. The molecule has 29 heavy (non-hydrogen) atoms. The van der Waals surface area contributed by atoms with Crippen LogP contribution < -0.4 is 10.6 Å². The SMILES string of the molecule is O=C(NCC[C@@H]1CCCCN1C(=O)CCN1C(=O)CCNC1=O)c1ccccc1. The number of piperidine rings is 1. The predicted molar refractivity (Wildman–Crippen MR) is 107 cm³/mol. The number of carbonyl (C=O) groups is 4. The van der Waals surface area contributed by atoms with E-state index in [4.69, 9.17) is 0 Å². The Morgan fingerprint density at radius 1 is 1.14 bits per heavy atom. The van der Waals surface area contributed by atoms with E-state index in [0.29, 0.717) is 31.6 Å². The molecule has 3 rings (SSSR count). The topological polar surface area (TPSA) is 98.8 Å². The molecule has 0 saturated carbocycles. The number of benzene rings is 1. The molecular formula is C21H28N4O4. The van der Waals surface area contributed by atoms with Crippen LogP contribution in [0.15, 0.2) is 30.3 Å². The summed E-state index contributed by atoms with van der Waals surface area (Å²) < 4.78 is 0. The van der Waals surface area contributed by atoms with Crippen LogP contribution in [0.3, 0.4) is 0 Å². The van der Waals surface area contributed by atoms with E-state index in [2.05, 4.69) is 10.6 Å². The van der Waals surface area contributed by atoms with Gasteiger partial charge < -0.3 is 15.5 Å². The maximum atomic E-state index is 12.8. The predicted octanol–water partition coefficient (Wildman–Crippen LogP) is 1.52. The van der Waals surface area contributed by atoms with Crippen molar-refractivity contribution in [3.05, 3.63) is 35.9 Å². The minimum atomic E-state index is -0.423. The molecule has 1 atom stereocenters. The number of nitrogens with zero attached hydrogens (tertiary/aromatic N) is 2.